The van der Waals surface area contributed by atoms with E-state index in [2.05, 4.69) is 0 Å². The molecule has 8 heteroatoms. The van der Waals surface area contributed by atoms with Gasteiger partial charge in [-0.2, -0.15) is 0 Å². The molecule has 0 radical (unpaired) electrons. The molecule has 0 saturated carbocycles. The molecule has 0 saturated heterocycles. The van der Waals surface area contributed by atoms with Crippen LogP contribution < -0.4 is 0 Å². The first-order chi connectivity index (χ1) is 9.77. The van der Waals surface area contributed by atoms with Crippen molar-refractivity contribution in [2.45, 2.75) is 26.3 Å². The number of nitro benzene ring substituents is 1. The number of aliphatic carboxylic acids is 1. The van der Waals surface area contributed by atoms with Crippen LogP contribution in [0.4, 0.5) is 5.69 Å². The van der Waals surface area contributed by atoms with Gasteiger partial charge in [-0.1, -0.05) is 18.5 Å². The Morgan fingerprint density at radius 1 is 1.48 bits per heavy atom. The fraction of sp³-hybridized carbons (Fsp3) is 0.385. The number of hydrogen-bond donors (Lipinski definition) is 1. The number of nitro groups is 1. The Morgan fingerprint density at radius 2 is 2.10 bits per heavy atom. The molecule has 0 aliphatic rings. The molecule has 0 aliphatic heterocycles. The average molecular weight is 315 g/mol. The molecule has 0 bridgehead atoms. The summed E-state index contributed by atoms with van der Waals surface area (Å²) in [6.07, 6.45) is 0.547. The summed E-state index contributed by atoms with van der Waals surface area (Å²) in [6, 6.07) is 3.16. The van der Waals surface area contributed by atoms with E-state index in [-0.39, 0.29) is 22.3 Å². The van der Waals surface area contributed by atoms with Crippen LogP contribution in [0, 0.1) is 10.1 Å². The summed E-state index contributed by atoms with van der Waals surface area (Å²) in [6.45, 7) is 3.01. The summed E-state index contributed by atoms with van der Waals surface area (Å²) in [5.74, 6) is -1.80. The smallest absolute Gasteiger partial charge is 0.323 e. The number of rotatable bonds is 6. The Kier molecular flexibility index (Phi) is 5.66. The van der Waals surface area contributed by atoms with Crippen molar-refractivity contribution < 1.29 is 19.6 Å². The number of carboxylic acid groups (broad SMARTS) is 1. The molecule has 0 aromatic heterocycles. The van der Waals surface area contributed by atoms with Gasteiger partial charge in [0.2, 0.25) is 0 Å². The van der Waals surface area contributed by atoms with Crippen LogP contribution in [0.3, 0.4) is 0 Å². The Labute approximate surface area is 126 Å². The van der Waals surface area contributed by atoms with Gasteiger partial charge in [0.05, 0.1) is 15.5 Å². The van der Waals surface area contributed by atoms with Gasteiger partial charge in [0.25, 0.3) is 11.6 Å². The number of halogens is 1. The van der Waals surface area contributed by atoms with Gasteiger partial charge in [-0.15, -0.1) is 0 Å². The normalized spacial score (nSPS) is 11.8. The Morgan fingerprint density at radius 3 is 2.57 bits per heavy atom. The van der Waals surface area contributed by atoms with E-state index in [1.165, 1.54) is 12.1 Å². The number of non-ortho nitro benzene ring substituents is 1. The molecule has 1 aromatic carbocycles. The molecule has 21 heavy (non-hydrogen) atoms. The van der Waals surface area contributed by atoms with Gasteiger partial charge in [0.1, 0.15) is 6.54 Å². The number of carbonyl (C=O) groups is 2. The summed E-state index contributed by atoms with van der Waals surface area (Å²) in [5, 5.41) is 19.7. The van der Waals surface area contributed by atoms with Crippen LogP contribution in [0.2, 0.25) is 5.02 Å². The largest absolute Gasteiger partial charge is 0.480 e. The highest BCUT2D eigenvalue weighted by Crippen LogP contribution is 2.24. The van der Waals surface area contributed by atoms with Crippen LogP contribution in [-0.2, 0) is 4.79 Å². The number of amides is 1. The van der Waals surface area contributed by atoms with Crippen LogP contribution in [-0.4, -0.2) is 39.4 Å². The van der Waals surface area contributed by atoms with E-state index in [0.717, 1.165) is 11.0 Å². The second-order valence-corrected chi connectivity index (χ2v) is 4.91. The summed E-state index contributed by atoms with van der Waals surface area (Å²) >= 11 is 5.91. The first-order valence-electron chi connectivity index (χ1n) is 6.24. The molecule has 7 nitrogen and oxygen atoms in total. The highest BCUT2D eigenvalue weighted by atomic mass is 35.5. The van der Waals surface area contributed by atoms with E-state index in [9.17, 15) is 19.7 Å². The molecule has 0 spiro atoms. The van der Waals surface area contributed by atoms with Crippen molar-refractivity contribution in [2.24, 2.45) is 0 Å². The maximum atomic E-state index is 12.4. The Bertz CT molecular complexity index is 576. The van der Waals surface area contributed by atoms with E-state index in [4.69, 9.17) is 16.7 Å². The summed E-state index contributed by atoms with van der Waals surface area (Å²) in [7, 11) is 0. The van der Waals surface area contributed by atoms with Gasteiger partial charge in [0, 0.05) is 18.2 Å². The fourth-order valence-corrected chi connectivity index (χ4v) is 1.94. The van der Waals surface area contributed by atoms with Crippen molar-refractivity contribution in [3.8, 4) is 0 Å². The molecule has 0 heterocycles. The van der Waals surface area contributed by atoms with Crippen molar-refractivity contribution in [3.05, 3.63) is 38.9 Å². The minimum atomic E-state index is -1.16. The number of benzene rings is 1. The van der Waals surface area contributed by atoms with Crippen LogP contribution >= 0.6 is 11.6 Å². The zero-order valence-electron chi connectivity index (χ0n) is 11.6. The van der Waals surface area contributed by atoms with Crippen molar-refractivity contribution in [3.63, 3.8) is 0 Å². The molecule has 1 amide bonds. The Balaban J connectivity index is 3.22. The summed E-state index contributed by atoms with van der Waals surface area (Å²) in [4.78, 5) is 34.6. The third-order valence-electron chi connectivity index (χ3n) is 3.08. The van der Waals surface area contributed by atoms with Gasteiger partial charge < -0.3 is 10.0 Å². The van der Waals surface area contributed by atoms with E-state index in [1.807, 2.05) is 6.92 Å². The number of carbonyl (C=O) groups excluding carboxylic acids is 1. The molecule has 1 unspecified atom stereocenters. The first kappa shape index (κ1) is 16.9. The lowest BCUT2D eigenvalue weighted by atomic mass is 10.1. The molecule has 1 atom stereocenters. The van der Waals surface area contributed by atoms with Crippen molar-refractivity contribution in [1.82, 2.24) is 4.90 Å². The van der Waals surface area contributed by atoms with Gasteiger partial charge in [0.15, 0.2) is 0 Å². The second-order valence-electron chi connectivity index (χ2n) is 4.51. The zero-order chi connectivity index (χ0) is 16.2. The lowest BCUT2D eigenvalue weighted by Crippen LogP contribution is -2.42. The van der Waals surface area contributed by atoms with Gasteiger partial charge in [-0.05, 0) is 19.4 Å². The molecule has 0 aliphatic carbocycles. The van der Waals surface area contributed by atoms with Crippen LogP contribution in [0.5, 0.6) is 0 Å². The predicted molar refractivity (Wildman–Crippen MR) is 76.5 cm³/mol. The van der Waals surface area contributed by atoms with Gasteiger partial charge in [-0.3, -0.25) is 19.7 Å². The lowest BCUT2D eigenvalue weighted by molar-refractivity contribution is -0.384. The summed E-state index contributed by atoms with van der Waals surface area (Å²) < 4.78 is 0. The SMILES string of the molecule is CCC(C)N(CC(=O)O)C(=O)c1cc([N+](=O)[O-])ccc1Cl. The third-order valence-corrected chi connectivity index (χ3v) is 3.41. The molecule has 1 aromatic rings. The second kappa shape index (κ2) is 7.03. The van der Waals surface area contributed by atoms with Crippen molar-refractivity contribution in [1.29, 1.82) is 0 Å². The maximum absolute atomic E-state index is 12.4. The molecule has 114 valence electrons. The first-order valence-corrected chi connectivity index (χ1v) is 6.62. The molecular weight excluding hydrogens is 300 g/mol. The van der Waals surface area contributed by atoms with Crippen LogP contribution in [0.15, 0.2) is 18.2 Å². The number of nitrogens with zero attached hydrogens (tertiary/aromatic N) is 2. The van der Waals surface area contributed by atoms with Gasteiger partial charge >= 0.3 is 5.97 Å². The lowest BCUT2D eigenvalue weighted by Gasteiger charge is -2.27. The zero-order valence-corrected chi connectivity index (χ0v) is 12.3. The van der Waals surface area contributed by atoms with Crippen molar-refractivity contribution in [2.75, 3.05) is 6.54 Å². The quantitative estimate of drug-likeness (QED) is 0.642. The highest BCUT2D eigenvalue weighted by Gasteiger charge is 2.26. The Hall–Kier alpha value is -2.15. The molecule has 1 N–H and O–H groups in total. The van der Waals surface area contributed by atoms with Gasteiger partial charge in [-0.25, -0.2) is 0 Å². The fourth-order valence-electron chi connectivity index (χ4n) is 1.74. The molecular formula is C13H15ClN2O5. The standard InChI is InChI=1S/C13H15ClN2O5/c1-3-8(2)15(7-12(17)18)13(19)10-6-9(16(20)21)4-5-11(10)14/h4-6,8H,3,7H2,1-2H3,(H,17,18). The summed E-state index contributed by atoms with van der Waals surface area (Å²) in [5.41, 5.74) is -0.352. The topological polar surface area (TPSA) is 101 Å². The average Bonchev–Trinajstić information content (AvgIpc) is 2.43. The van der Waals surface area contributed by atoms with Crippen LogP contribution in [0.25, 0.3) is 0 Å². The van der Waals surface area contributed by atoms with E-state index >= 15 is 0 Å². The molecule has 0 fully saturated rings. The highest BCUT2D eigenvalue weighted by molar-refractivity contribution is 6.34. The minimum absolute atomic E-state index is 0.0456. The third kappa shape index (κ3) is 4.16. The molecule has 1 rings (SSSR count). The van der Waals surface area contributed by atoms with Crippen molar-refractivity contribution >= 4 is 29.2 Å². The number of carboxylic acids is 1. The predicted octanol–water partition coefficient (Wildman–Crippen LogP) is 2.57. The van der Waals surface area contributed by atoms with E-state index in [0.29, 0.717) is 6.42 Å². The van der Waals surface area contributed by atoms with Crippen LogP contribution in [0.1, 0.15) is 30.6 Å². The minimum Gasteiger partial charge on any atom is -0.480 e. The van der Waals surface area contributed by atoms with E-state index in [1.54, 1.807) is 6.92 Å². The van der Waals surface area contributed by atoms with E-state index < -0.39 is 23.3 Å². The number of hydrogen-bond acceptors (Lipinski definition) is 4. The maximum Gasteiger partial charge on any atom is 0.323 e. The monoisotopic (exact) mass is 314 g/mol.